The number of nitrogen functional groups attached to an aromatic ring is 3. The van der Waals surface area contributed by atoms with Crippen LogP contribution in [0.15, 0.2) is 146 Å². The molecule has 9 aromatic rings. The normalized spacial score (nSPS) is 13.1. The summed E-state index contributed by atoms with van der Waals surface area (Å²) in [5, 5.41) is 11.2. The molecule has 10 rings (SSSR count). The van der Waals surface area contributed by atoms with E-state index in [0.717, 1.165) is 103 Å². The van der Waals surface area contributed by atoms with Gasteiger partial charge in [-0.3, -0.25) is 14.4 Å². The molecule has 9 N–H and O–H groups in total. The van der Waals surface area contributed by atoms with Gasteiger partial charge in [0.05, 0.1) is 42.1 Å². The van der Waals surface area contributed by atoms with Crippen LogP contribution in [-0.2, 0) is 23.9 Å². The van der Waals surface area contributed by atoms with Crippen molar-refractivity contribution < 1.29 is 23.9 Å². The fraction of sp³-hybridized carbons (Fsp3) is 0.211. The Kier molecular flexibility index (Phi) is 16.4. The minimum Gasteiger partial charge on any atom is -0.384 e. The Morgan fingerprint density at radius 3 is 1.35 bits per heavy atom. The van der Waals surface area contributed by atoms with Crippen LogP contribution in [0.25, 0.3) is 66.1 Å². The number of benzene rings is 6. The molecule has 4 heterocycles. The lowest BCUT2D eigenvalue weighted by Gasteiger charge is -2.18. The molecule has 3 aromatic heterocycles. The number of amides is 3. The first-order valence-electron chi connectivity index (χ1n) is 24.0. The molecule has 0 aliphatic carbocycles. The number of nitrogens with one attached hydrogen (secondary N) is 3. The highest BCUT2D eigenvalue weighted by atomic mass is 16.5. The maximum absolute atomic E-state index is 12.2. The molecule has 74 heavy (non-hydrogen) atoms. The summed E-state index contributed by atoms with van der Waals surface area (Å²) >= 11 is 0. The number of carbonyl (C=O) groups excluding carboxylic acids is 3. The van der Waals surface area contributed by atoms with Crippen LogP contribution in [-0.4, -0.2) is 74.1 Å². The van der Waals surface area contributed by atoms with Gasteiger partial charge in [-0.2, -0.15) is 0 Å². The number of carbonyl (C=O) groups is 3. The molecule has 1 saturated heterocycles. The van der Waals surface area contributed by atoms with Gasteiger partial charge in [-0.25, -0.2) is 29.9 Å². The van der Waals surface area contributed by atoms with Crippen LogP contribution in [0.1, 0.15) is 46.5 Å². The van der Waals surface area contributed by atoms with Crippen molar-refractivity contribution in [1.82, 2.24) is 29.9 Å². The van der Waals surface area contributed by atoms with E-state index in [0.29, 0.717) is 36.9 Å². The number of hydrogen-bond donors (Lipinski definition) is 6. The van der Waals surface area contributed by atoms with E-state index < -0.39 is 5.41 Å². The Labute approximate surface area is 428 Å². The summed E-state index contributed by atoms with van der Waals surface area (Å²) in [5.74, 6) is 1.24. The van der Waals surface area contributed by atoms with Crippen LogP contribution in [0, 0.1) is 5.41 Å². The molecular formula is C57H58N12O5. The van der Waals surface area contributed by atoms with Gasteiger partial charge < -0.3 is 42.6 Å². The maximum atomic E-state index is 12.2. The summed E-state index contributed by atoms with van der Waals surface area (Å²) in [7, 11) is 1.57. The lowest BCUT2D eigenvalue weighted by atomic mass is 9.95. The predicted octanol–water partition coefficient (Wildman–Crippen LogP) is 10.1. The number of anilines is 6. The van der Waals surface area contributed by atoms with Gasteiger partial charge in [-0.05, 0) is 119 Å². The lowest BCUT2D eigenvalue weighted by molar-refractivity contribution is -0.123. The van der Waals surface area contributed by atoms with E-state index in [4.69, 9.17) is 26.7 Å². The number of hydrogen-bond acceptors (Lipinski definition) is 14. The highest BCUT2D eigenvalue weighted by Gasteiger charge is 2.22. The molecule has 0 bridgehead atoms. The Bertz CT molecular complexity index is 3470. The van der Waals surface area contributed by atoms with Crippen LogP contribution in [0.3, 0.4) is 0 Å². The van der Waals surface area contributed by atoms with E-state index in [1.54, 1.807) is 7.11 Å². The van der Waals surface area contributed by atoms with E-state index in [2.05, 4.69) is 45.9 Å². The minimum absolute atomic E-state index is 0.0178. The van der Waals surface area contributed by atoms with Crippen molar-refractivity contribution in [2.75, 3.05) is 53.5 Å². The van der Waals surface area contributed by atoms with Crippen molar-refractivity contribution >= 4 is 84.9 Å². The number of rotatable bonds is 11. The first-order valence-corrected chi connectivity index (χ1v) is 24.0. The summed E-state index contributed by atoms with van der Waals surface area (Å²) in [6.07, 6.45) is 7.12. The van der Waals surface area contributed by atoms with E-state index in [1.807, 2.05) is 148 Å². The molecule has 17 nitrogen and oxygen atoms in total. The van der Waals surface area contributed by atoms with Crippen LogP contribution >= 0.6 is 0 Å². The maximum Gasteiger partial charge on any atom is 0.229 e. The highest BCUT2D eigenvalue weighted by Crippen LogP contribution is 2.31. The SMILES string of the molecule is CC(C)(C)C(=O)Nc1cccc(-c2ccc3ncnc(N)c3c2)c1.COCCC(=O)Nc1cccc(-c2ccc3ncnc(N)c3c2)c1.Nc1ncnc2ccc(-c3cccc(NC(=O)CC4CCCO4)c3)cc12. The molecule has 0 spiro atoms. The molecule has 0 saturated carbocycles. The van der Waals surface area contributed by atoms with E-state index in [9.17, 15) is 14.4 Å². The van der Waals surface area contributed by atoms with Gasteiger partial charge in [-0.15, -0.1) is 0 Å². The van der Waals surface area contributed by atoms with Gasteiger partial charge in [0.1, 0.15) is 36.4 Å². The second kappa shape index (κ2) is 23.5. The summed E-state index contributed by atoms with van der Waals surface area (Å²) < 4.78 is 10.4. The molecule has 1 atom stereocenters. The minimum atomic E-state index is -0.440. The van der Waals surface area contributed by atoms with E-state index in [1.165, 1.54) is 19.0 Å². The quantitative estimate of drug-likeness (QED) is 0.0705. The summed E-state index contributed by atoms with van der Waals surface area (Å²) in [5.41, 5.74) is 28.0. The Morgan fingerprint density at radius 1 is 0.554 bits per heavy atom. The molecule has 0 radical (unpaired) electrons. The zero-order chi connectivity index (χ0) is 52.2. The molecule has 1 aliphatic rings. The number of methoxy groups -OCH3 is 1. The fourth-order valence-electron chi connectivity index (χ4n) is 8.06. The highest BCUT2D eigenvalue weighted by molar-refractivity contribution is 5.97. The molecule has 3 amide bonds. The smallest absolute Gasteiger partial charge is 0.229 e. The predicted molar refractivity (Wildman–Crippen MR) is 294 cm³/mol. The Balaban J connectivity index is 0.000000148. The van der Waals surface area contributed by atoms with Crippen LogP contribution in [0.2, 0.25) is 0 Å². The number of aromatic nitrogens is 6. The van der Waals surface area contributed by atoms with E-state index in [-0.39, 0.29) is 23.8 Å². The summed E-state index contributed by atoms with van der Waals surface area (Å²) in [4.78, 5) is 60.9. The number of nitrogens with zero attached hydrogens (tertiary/aromatic N) is 6. The summed E-state index contributed by atoms with van der Waals surface area (Å²) in [6, 6.07) is 40.7. The first-order chi connectivity index (χ1) is 35.7. The third-order valence-electron chi connectivity index (χ3n) is 12.1. The molecule has 1 fully saturated rings. The van der Waals surface area contributed by atoms with Crippen LogP contribution in [0.5, 0.6) is 0 Å². The monoisotopic (exact) mass is 990 g/mol. The second-order valence-electron chi connectivity index (χ2n) is 18.6. The molecular weight excluding hydrogens is 933 g/mol. The molecule has 1 unspecified atom stereocenters. The zero-order valence-corrected chi connectivity index (χ0v) is 41.6. The van der Waals surface area contributed by atoms with Crippen molar-refractivity contribution in [3.63, 3.8) is 0 Å². The van der Waals surface area contributed by atoms with Gasteiger partial charge >= 0.3 is 0 Å². The van der Waals surface area contributed by atoms with Crippen molar-refractivity contribution in [3.05, 3.63) is 146 Å². The number of fused-ring (bicyclic) bond motifs is 3. The van der Waals surface area contributed by atoms with Crippen LogP contribution < -0.4 is 33.2 Å². The summed E-state index contributed by atoms with van der Waals surface area (Å²) in [6.45, 7) is 6.81. The molecule has 376 valence electrons. The third-order valence-corrected chi connectivity index (χ3v) is 12.1. The van der Waals surface area contributed by atoms with Gasteiger partial charge in [-0.1, -0.05) is 75.4 Å². The van der Waals surface area contributed by atoms with Gasteiger partial charge in [0.15, 0.2) is 0 Å². The Hall–Kier alpha value is -8.93. The first kappa shape index (κ1) is 51.4. The van der Waals surface area contributed by atoms with Crippen molar-refractivity contribution in [3.8, 4) is 33.4 Å². The average Bonchev–Trinajstić information content (AvgIpc) is 3.91. The van der Waals surface area contributed by atoms with Gasteiger partial charge in [0, 0.05) is 52.4 Å². The van der Waals surface area contributed by atoms with E-state index >= 15 is 0 Å². The standard InChI is InChI=1S/C20H20N4O2.C19H20N4O.C18H18N4O2/c21-20-17-10-14(6-7-18(17)22-12-23-20)13-3-1-4-15(9-13)24-19(25)11-16-5-2-8-26-16;1-19(2,3)18(24)23-14-6-4-5-12(9-14)13-7-8-16-15(10-13)17(20)22-11-21-16;1-24-8-7-17(23)22-14-4-2-3-12(9-14)13-5-6-16-15(10-13)18(19)21-11-20-16/h1,3-4,6-7,9-10,12,16H,2,5,8,11H2,(H,24,25)(H2,21,22,23);4-11H,1-3H3,(H,23,24)(H2,20,21,22);2-6,9-11H,7-8H2,1H3,(H,22,23)(H2,19,20,21). The molecule has 1 aliphatic heterocycles. The second-order valence-corrected chi connectivity index (χ2v) is 18.6. The van der Waals surface area contributed by atoms with Crippen molar-refractivity contribution in [2.24, 2.45) is 5.41 Å². The molecule has 6 aromatic carbocycles. The topological polar surface area (TPSA) is 261 Å². The zero-order valence-electron chi connectivity index (χ0n) is 41.6. The third kappa shape index (κ3) is 13.3. The van der Waals surface area contributed by atoms with Gasteiger partial charge in [0.25, 0.3) is 0 Å². The van der Waals surface area contributed by atoms with Crippen LogP contribution in [0.4, 0.5) is 34.5 Å². The molecule has 17 heteroatoms. The van der Waals surface area contributed by atoms with Crippen molar-refractivity contribution in [1.29, 1.82) is 0 Å². The fourth-order valence-corrected chi connectivity index (χ4v) is 8.06. The average molecular weight is 991 g/mol. The number of ether oxygens (including phenoxy) is 2. The van der Waals surface area contributed by atoms with Gasteiger partial charge in [0.2, 0.25) is 17.7 Å². The lowest BCUT2D eigenvalue weighted by Crippen LogP contribution is -2.27. The van der Waals surface area contributed by atoms with Crippen molar-refractivity contribution in [2.45, 2.75) is 52.6 Å². The Morgan fingerprint density at radius 2 is 0.959 bits per heavy atom. The number of nitrogens with two attached hydrogens (primary N) is 3. The largest absolute Gasteiger partial charge is 0.384 e.